The van der Waals surface area contributed by atoms with Crippen molar-refractivity contribution >= 4 is 39.8 Å². The maximum atomic E-state index is 13.5. The molecule has 10 nitrogen and oxygen atoms in total. The quantitative estimate of drug-likeness (QED) is 0.454. The first-order chi connectivity index (χ1) is 17.3. The summed E-state index contributed by atoms with van der Waals surface area (Å²) in [6.07, 6.45) is 6.90. The minimum atomic E-state index is -0.627. The predicted molar refractivity (Wildman–Crippen MR) is 136 cm³/mol. The largest absolute Gasteiger partial charge is 0.349 e. The lowest BCUT2D eigenvalue weighted by molar-refractivity contribution is 0.0952. The number of rotatable bonds is 7. The average molecular weight is 521 g/mol. The van der Waals surface area contributed by atoms with Gasteiger partial charge in [0, 0.05) is 18.0 Å². The van der Waals surface area contributed by atoms with Crippen molar-refractivity contribution < 1.29 is 9.59 Å². The molecule has 2 amide bonds. The Morgan fingerprint density at radius 2 is 2.06 bits per heavy atom. The van der Waals surface area contributed by atoms with Gasteiger partial charge in [0.05, 0.1) is 33.6 Å². The summed E-state index contributed by atoms with van der Waals surface area (Å²) >= 11 is 6.34. The van der Waals surface area contributed by atoms with Gasteiger partial charge >= 0.3 is 0 Å². The monoisotopic (exact) mass is 520 g/mol. The second-order valence-corrected chi connectivity index (χ2v) is 10.3. The van der Waals surface area contributed by atoms with Gasteiger partial charge in [-0.2, -0.15) is 20.0 Å². The van der Waals surface area contributed by atoms with E-state index in [0.29, 0.717) is 28.3 Å². The third-order valence-electron chi connectivity index (χ3n) is 5.35. The Morgan fingerprint density at radius 1 is 1.28 bits per heavy atom. The number of carbonyl (C=O) groups is 2. The van der Waals surface area contributed by atoms with E-state index in [1.807, 2.05) is 0 Å². The number of anilines is 1. The zero-order valence-electron chi connectivity index (χ0n) is 19.4. The lowest BCUT2D eigenvalue weighted by Crippen LogP contribution is -2.28. The maximum Gasteiger partial charge on any atom is 0.274 e. The van der Waals surface area contributed by atoms with E-state index in [4.69, 9.17) is 16.9 Å². The molecule has 0 radical (unpaired) electrons. The molecule has 1 unspecified atom stereocenters. The number of benzene rings is 1. The molecule has 3 aromatic rings. The average Bonchev–Trinajstić information content (AvgIpc) is 3.57. The minimum Gasteiger partial charge on any atom is -0.349 e. The molecule has 2 N–H and O–H groups in total. The summed E-state index contributed by atoms with van der Waals surface area (Å²) < 4.78 is 5.15. The fourth-order valence-corrected chi connectivity index (χ4v) is 4.51. The van der Waals surface area contributed by atoms with Gasteiger partial charge in [-0.15, -0.1) is 0 Å². The van der Waals surface area contributed by atoms with Crippen molar-refractivity contribution in [1.29, 1.82) is 10.5 Å². The zero-order valence-corrected chi connectivity index (χ0v) is 21.0. The first-order valence-corrected chi connectivity index (χ1v) is 13.0. The summed E-state index contributed by atoms with van der Waals surface area (Å²) in [4.78, 5) is 30.7. The Balaban J connectivity index is 1.75. The molecule has 1 saturated carbocycles. The Labute approximate surface area is 215 Å². The van der Waals surface area contributed by atoms with Crippen LogP contribution in [0.25, 0.3) is 5.82 Å². The molecule has 1 aromatic carbocycles. The molecule has 0 spiro atoms. The summed E-state index contributed by atoms with van der Waals surface area (Å²) in [7, 11) is -0.627. The van der Waals surface area contributed by atoms with Crippen molar-refractivity contribution in [2.24, 2.45) is 4.36 Å². The molecule has 2 aromatic heterocycles. The normalized spacial score (nSPS) is 13.5. The fraction of sp³-hybridized carbons (Fsp3) is 0.250. The van der Waals surface area contributed by atoms with Crippen LogP contribution in [0.15, 0.2) is 40.9 Å². The highest BCUT2D eigenvalue weighted by Crippen LogP contribution is 2.27. The number of amides is 2. The Morgan fingerprint density at radius 3 is 2.72 bits per heavy atom. The lowest BCUT2D eigenvalue weighted by atomic mass is 10.0. The van der Waals surface area contributed by atoms with Gasteiger partial charge in [-0.1, -0.05) is 22.3 Å². The van der Waals surface area contributed by atoms with Crippen LogP contribution in [0.1, 0.15) is 50.5 Å². The van der Waals surface area contributed by atoms with Gasteiger partial charge in [-0.3, -0.25) is 9.59 Å². The second kappa shape index (κ2) is 10.7. The Kier molecular flexibility index (Phi) is 7.44. The number of carbonyl (C=O) groups excluding carboxylic acids is 2. The van der Waals surface area contributed by atoms with E-state index >= 15 is 0 Å². The molecule has 1 atom stereocenters. The van der Waals surface area contributed by atoms with Crippen molar-refractivity contribution in [3.8, 4) is 18.1 Å². The lowest BCUT2D eigenvalue weighted by Gasteiger charge is -2.15. The molecular formula is C24H21ClN8O2S. The molecule has 4 rings (SSSR count). The van der Waals surface area contributed by atoms with Crippen LogP contribution in [0.5, 0.6) is 0 Å². The van der Waals surface area contributed by atoms with E-state index in [-0.39, 0.29) is 34.0 Å². The van der Waals surface area contributed by atoms with Gasteiger partial charge in [-0.25, -0.2) is 9.67 Å². The molecule has 1 aliphatic carbocycles. The predicted octanol–water partition coefficient (Wildman–Crippen LogP) is 3.66. The number of aromatic nitrogens is 3. The Hall–Kier alpha value is -4.06. The van der Waals surface area contributed by atoms with Gasteiger partial charge in [-0.05, 0) is 61.9 Å². The highest BCUT2D eigenvalue weighted by Gasteiger charge is 2.27. The van der Waals surface area contributed by atoms with Gasteiger partial charge in [0.1, 0.15) is 5.69 Å². The third-order valence-corrected chi connectivity index (χ3v) is 6.75. The van der Waals surface area contributed by atoms with Crippen LogP contribution >= 0.6 is 11.6 Å². The summed E-state index contributed by atoms with van der Waals surface area (Å²) in [5, 5.41) is 28.8. The van der Waals surface area contributed by atoms with Crippen LogP contribution in [0.4, 0.5) is 5.69 Å². The van der Waals surface area contributed by atoms with Crippen LogP contribution in [0, 0.1) is 29.7 Å². The summed E-state index contributed by atoms with van der Waals surface area (Å²) in [5.74, 6) is -0.303. The SMILES string of the molecule is Cc1cc(C#N)cc(C(=O)NC2CC2)c1NC(=O)c1cc(CS(C)=NC#N)nn1-c1ncccc1Cl. The molecule has 1 fully saturated rings. The molecule has 12 heteroatoms. The van der Waals surface area contributed by atoms with E-state index in [0.717, 1.165) is 12.8 Å². The van der Waals surface area contributed by atoms with Crippen molar-refractivity contribution in [2.45, 2.75) is 31.6 Å². The van der Waals surface area contributed by atoms with E-state index in [9.17, 15) is 14.9 Å². The van der Waals surface area contributed by atoms with Crippen LogP contribution in [-0.4, -0.2) is 38.9 Å². The number of nitrogens with one attached hydrogen (secondary N) is 2. The molecular weight excluding hydrogens is 500 g/mol. The van der Waals surface area contributed by atoms with Crippen molar-refractivity contribution in [3.63, 3.8) is 0 Å². The van der Waals surface area contributed by atoms with Crippen LogP contribution < -0.4 is 10.6 Å². The van der Waals surface area contributed by atoms with E-state index in [2.05, 4.69) is 31.1 Å². The van der Waals surface area contributed by atoms with Gasteiger partial charge < -0.3 is 10.6 Å². The number of halogens is 1. The summed E-state index contributed by atoms with van der Waals surface area (Å²) in [6, 6.07) is 10.1. The molecule has 0 aliphatic heterocycles. The maximum absolute atomic E-state index is 13.5. The number of nitrogens with zero attached hydrogens (tertiary/aromatic N) is 6. The second-order valence-electron chi connectivity index (χ2n) is 8.21. The zero-order chi connectivity index (χ0) is 25.8. The first-order valence-electron chi connectivity index (χ1n) is 10.9. The molecule has 182 valence electrons. The van der Waals surface area contributed by atoms with Crippen molar-refractivity contribution in [2.75, 3.05) is 11.6 Å². The number of nitriles is 2. The van der Waals surface area contributed by atoms with Gasteiger partial charge in [0.15, 0.2) is 5.82 Å². The van der Waals surface area contributed by atoms with Crippen molar-refractivity contribution in [3.05, 3.63) is 69.6 Å². The van der Waals surface area contributed by atoms with Crippen molar-refractivity contribution in [1.82, 2.24) is 20.1 Å². The molecule has 0 bridgehead atoms. The first kappa shape index (κ1) is 25.0. The summed E-state index contributed by atoms with van der Waals surface area (Å²) in [6.45, 7) is 1.72. The minimum absolute atomic E-state index is 0.101. The number of hydrogen-bond donors (Lipinski definition) is 2. The Bertz CT molecular complexity index is 1480. The molecule has 2 heterocycles. The number of hydrogen-bond acceptors (Lipinski definition) is 7. The smallest absolute Gasteiger partial charge is 0.274 e. The van der Waals surface area contributed by atoms with Gasteiger partial charge in [0.2, 0.25) is 6.19 Å². The number of pyridine rings is 1. The highest BCUT2D eigenvalue weighted by atomic mass is 35.5. The van der Waals surface area contributed by atoms with Crippen LogP contribution in [0.2, 0.25) is 5.02 Å². The van der Waals surface area contributed by atoms with Crippen LogP contribution in [-0.2, 0) is 16.4 Å². The fourth-order valence-electron chi connectivity index (χ4n) is 3.54. The third kappa shape index (κ3) is 5.60. The molecule has 36 heavy (non-hydrogen) atoms. The van der Waals surface area contributed by atoms with E-state index in [1.165, 1.54) is 16.9 Å². The molecule has 0 saturated heterocycles. The van der Waals surface area contributed by atoms with Gasteiger partial charge in [0.25, 0.3) is 11.8 Å². The molecule has 1 aliphatic rings. The van der Waals surface area contributed by atoms with E-state index in [1.54, 1.807) is 43.6 Å². The standard InChI is InChI=1S/C24H21ClN8O2S/c1-14-8-15(11-26)9-18(23(34)30-16-5-6-16)21(14)31-24(35)20-10-17(12-36(2)29-13-27)32-33(20)22-19(25)4-3-7-28-22/h3-4,7-10,16H,5-6,12H2,1-2H3,(H,30,34)(H,31,35). The van der Waals surface area contributed by atoms with E-state index < -0.39 is 16.6 Å². The summed E-state index contributed by atoms with van der Waals surface area (Å²) in [5.41, 5.74) is 2.04. The number of aryl methyl sites for hydroxylation is 1. The topological polar surface area (TPSA) is 149 Å². The van der Waals surface area contributed by atoms with Crippen LogP contribution in [0.3, 0.4) is 0 Å². The highest BCUT2D eigenvalue weighted by molar-refractivity contribution is 7.85.